The van der Waals surface area contributed by atoms with Gasteiger partial charge < -0.3 is 13.9 Å². The fourth-order valence-corrected chi connectivity index (χ4v) is 5.05. The molecule has 26 heavy (non-hydrogen) atoms. The average Bonchev–Trinajstić information content (AvgIpc) is 3.09. The van der Waals surface area contributed by atoms with Crippen LogP contribution in [-0.4, -0.2) is 27.0 Å². The molecule has 4 nitrogen and oxygen atoms in total. The lowest BCUT2D eigenvalue weighted by atomic mass is 9.95. The highest BCUT2D eigenvalue weighted by Crippen LogP contribution is 2.61. The van der Waals surface area contributed by atoms with Gasteiger partial charge in [-0.3, -0.25) is 4.79 Å². The van der Waals surface area contributed by atoms with E-state index >= 15 is 0 Å². The number of hydrogen-bond acceptors (Lipinski definition) is 4. The minimum Gasteiger partial charge on any atom is -0.488 e. The van der Waals surface area contributed by atoms with E-state index in [1.54, 1.807) is 0 Å². The van der Waals surface area contributed by atoms with Crippen LogP contribution in [0.5, 0.6) is 5.75 Å². The Morgan fingerprint density at radius 2 is 1.96 bits per heavy atom. The molecule has 4 atom stereocenters. The van der Waals surface area contributed by atoms with Gasteiger partial charge in [-0.1, -0.05) is 32.9 Å². The molecule has 0 saturated heterocycles. The molecule has 1 fully saturated rings. The number of ether oxygens (including phenoxy) is 2. The first-order chi connectivity index (χ1) is 12.0. The van der Waals surface area contributed by atoms with Crippen LogP contribution in [0.25, 0.3) is 0 Å². The lowest BCUT2D eigenvalue weighted by Crippen LogP contribution is -2.41. The molecule has 1 aromatic carbocycles. The summed E-state index contributed by atoms with van der Waals surface area (Å²) in [5.74, 6) is 0.759. The van der Waals surface area contributed by atoms with Crippen LogP contribution in [-0.2, 0) is 14.0 Å². The second-order valence-electron chi connectivity index (χ2n) is 9.12. The van der Waals surface area contributed by atoms with Crippen LogP contribution in [0.2, 0.25) is 18.1 Å². The molecule has 3 rings (SSSR count). The molecule has 0 aromatic heterocycles. The van der Waals surface area contributed by atoms with E-state index in [9.17, 15) is 4.79 Å². The van der Waals surface area contributed by atoms with Gasteiger partial charge in [0, 0.05) is 11.5 Å². The molecule has 1 aromatic rings. The van der Waals surface area contributed by atoms with Gasteiger partial charge >= 0.3 is 5.97 Å². The number of hydrogen-bond donors (Lipinski definition) is 0. The van der Waals surface area contributed by atoms with Crippen LogP contribution in [0.3, 0.4) is 0 Å². The van der Waals surface area contributed by atoms with Crippen LogP contribution < -0.4 is 4.74 Å². The standard InChI is InChI=1S/C21H32O4Si/c1-9-23-20(22)17-16-15-14(11-10-12(2)18(15)24-19(16)17)13(3)25-26(7,8)21(4,5)6/h10-11,13,16-17,19H,9H2,1-8H3/t13-,16-,17-,19-/m1/s1. The molecule has 2 aliphatic rings. The van der Waals surface area contributed by atoms with Crippen molar-refractivity contribution < 1.29 is 18.7 Å². The SMILES string of the molecule is CCOC(=O)[C@H]1[C@@H]2Oc3c(C)ccc([C@@H](C)O[Si](C)(C)C(C)(C)C)c3[C@@H]21. The van der Waals surface area contributed by atoms with Gasteiger partial charge in [-0.25, -0.2) is 0 Å². The Bertz CT molecular complexity index is 719. The summed E-state index contributed by atoms with van der Waals surface area (Å²) < 4.78 is 18.0. The van der Waals surface area contributed by atoms with Gasteiger partial charge in [0.1, 0.15) is 17.8 Å². The molecule has 0 N–H and O–H groups in total. The van der Waals surface area contributed by atoms with Crippen LogP contribution in [0.1, 0.15) is 63.3 Å². The van der Waals surface area contributed by atoms with Crippen molar-refractivity contribution in [3.63, 3.8) is 0 Å². The van der Waals surface area contributed by atoms with E-state index < -0.39 is 8.32 Å². The van der Waals surface area contributed by atoms with Crippen molar-refractivity contribution in [2.24, 2.45) is 5.92 Å². The van der Waals surface area contributed by atoms with Crippen LogP contribution in [0.15, 0.2) is 12.1 Å². The summed E-state index contributed by atoms with van der Waals surface area (Å²) in [6, 6.07) is 4.25. The molecular formula is C21H32O4Si. The second-order valence-corrected chi connectivity index (χ2v) is 13.9. The normalized spacial score (nSPS) is 25.2. The molecule has 1 saturated carbocycles. The van der Waals surface area contributed by atoms with Crippen molar-refractivity contribution in [3.05, 3.63) is 28.8 Å². The van der Waals surface area contributed by atoms with Gasteiger partial charge in [0.15, 0.2) is 8.32 Å². The summed E-state index contributed by atoms with van der Waals surface area (Å²) >= 11 is 0. The van der Waals surface area contributed by atoms with Crippen molar-refractivity contribution in [2.45, 2.75) is 77.8 Å². The number of aryl methyl sites for hydroxylation is 1. The number of benzene rings is 1. The zero-order chi connectivity index (χ0) is 19.4. The minimum absolute atomic E-state index is 0.0176. The maximum absolute atomic E-state index is 12.2. The Hall–Kier alpha value is -1.33. The number of rotatable bonds is 5. The summed E-state index contributed by atoms with van der Waals surface area (Å²) in [4.78, 5) is 12.2. The largest absolute Gasteiger partial charge is 0.488 e. The first kappa shape index (κ1) is 19.4. The molecule has 0 radical (unpaired) electrons. The van der Waals surface area contributed by atoms with Crippen molar-refractivity contribution in [2.75, 3.05) is 6.61 Å². The van der Waals surface area contributed by atoms with Gasteiger partial charge in [-0.2, -0.15) is 0 Å². The van der Waals surface area contributed by atoms with Gasteiger partial charge in [0.25, 0.3) is 0 Å². The monoisotopic (exact) mass is 376 g/mol. The van der Waals surface area contributed by atoms with E-state index in [2.05, 4.69) is 59.8 Å². The number of fused-ring (bicyclic) bond motifs is 3. The molecule has 0 amide bonds. The minimum atomic E-state index is -1.89. The quantitative estimate of drug-likeness (QED) is 0.529. The zero-order valence-electron chi connectivity index (χ0n) is 17.3. The highest BCUT2D eigenvalue weighted by molar-refractivity contribution is 6.74. The van der Waals surface area contributed by atoms with Crippen LogP contribution in [0, 0.1) is 12.8 Å². The zero-order valence-corrected chi connectivity index (χ0v) is 18.3. The molecular weight excluding hydrogens is 344 g/mol. The van der Waals surface area contributed by atoms with E-state index in [-0.39, 0.29) is 35.1 Å². The molecule has 1 aliphatic heterocycles. The summed E-state index contributed by atoms with van der Waals surface area (Å²) in [6.07, 6.45) is -0.0833. The first-order valence-electron chi connectivity index (χ1n) is 9.64. The number of esters is 1. The van der Waals surface area contributed by atoms with Crippen molar-refractivity contribution in [1.82, 2.24) is 0 Å². The average molecular weight is 377 g/mol. The van der Waals surface area contributed by atoms with Gasteiger partial charge in [-0.15, -0.1) is 0 Å². The third-order valence-electron chi connectivity index (χ3n) is 6.24. The first-order valence-corrected chi connectivity index (χ1v) is 12.5. The molecule has 0 spiro atoms. The fourth-order valence-electron chi connectivity index (χ4n) is 3.69. The molecule has 144 valence electrons. The van der Waals surface area contributed by atoms with Gasteiger partial charge in [0.2, 0.25) is 0 Å². The van der Waals surface area contributed by atoms with E-state index in [1.807, 2.05) is 6.92 Å². The Labute approximate surface area is 158 Å². The maximum atomic E-state index is 12.2. The van der Waals surface area contributed by atoms with E-state index in [1.165, 1.54) is 5.56 Å². The van der Waals surface area contributed by atoms with E-state index in [0.717, 1.165) is 16.9 Å². The lowest BCUT2D eigenvalue weighted by Gasteiger charge is -2.39. The number of carbonyl (C=O) groups is 1. The predicted molar refractivity (Wildman–Crippen MR) is 105 cm³/mol. The Morgan fingerprint density at radius 3 is 2.54 bits per heavy atom. The van der Waals surface area contributed by atoms with Gasteiger partial charge in [-0.05, 0) is 50.0 Å². The predicted octanol–water partition coefficient (Wildman–Crippen LogP) is 5.12. The third kappa shape index (κ3) is 3.09. The highest BCUT2D eigenvalue weighted by atomic mass is 28.4. The highest BCUT2D eigenvalue weighted by Gasteiger charge is 2.64. The van der Waals surface area contributed by atoms with Gasteiger partial charge in [0.05, 0.1) is 12.7 Å². The van der Waals surface area contributed by atoms with Crippen molar-refractivity contribution >= 4 is 14.3 Å². The van der Waals surface area contributed by atoms with Crippen molar-refractivity contribution in [1.29, 1.82) is 0 Å². The number of carbonyl (C=O) groups excluding carboxylic acids is 1. The summed E-state index contributed by atoms with van der Waals surface area (Å²) in [5.41, 5.74) is 3.45. The smallest absolute Gasteiger partial charge is 0.313 e. The van der Waals surface area contributed by atoms with Crippen LogP contribution >= 0.6 is 0 Å². The van der Waals surface area contributed by atoms with Crippen LogP contribution in [0.4, 0.5) is 0 Å². The topological polar surface area (TPSA) is 44.8 Å². The van der Waals surface area contributed by atoms with E-state index in [4.69, 9.17) is 13.9 Å². The summed E-state index contributed by atoms with van der Waals surface area (Å²) in [6.45, 7) is 17.7. The molecule has 1 aliphatic carbocycles. The van der Waals surface area contributed by atoms with E-state index in [0.29, 0.717) is 6.61 Å². The molecule has 5 heteroatoms. The summed E-state index contributed by atoms with van der Waals surface area (Å²) in [7, 11) is -1.89. The second kappa shape index (κ2) is 6.38. The molecule has 1 heterocycles. The fraction of sp³-hybridized carbons (Fsp3) is 0.667. The summed E-state index contributed by atoms with van der Waals surface area (Å²) in [5, 5.41) is 0.154. The Kier molecular flexibility index (Phi) is 4.77. The maximum Gasteiger partial charge on any atom is 0.313 e. The lowest BCUT2D eigenvalue weighted by molar-refractivity contribution is -0.145. The molecule has 0 unspecified atom stereocenters. The Morgan fingerprint density at radius 1 is 1.31 bits per heavy atom. The molecule has 0 bridgehead atoms. The third-order valence-corrected chi connectivity index (χ3v) is 10.8. The Balaban J connectivity index is 1.90. The van der Waals surface area contributed by atoms with Crippen molar-refractivity contribution in [3.8, 4) is 5.75 Å².